The second-order valence-corrected chi connectivity index (χ2v) is 6.05. The minimum atomic E-state index is -3.71. The molecule has 19 heavy (non-hydrogen) atoms. The van der Waals surface area contributed by atoms with E-state index in [-0.39, 0.29) is 23.2 Å². The van der Waals surface area contributed by atoms with Crippen LogP contribution in [0, 0.1) is 0 Å². The van der Waals surface area contributed by atoms with Crippen LogP contribution in [0.5, 0.6) is 0 Å². The van der Waals surface area contributed by atoms with Gasteiger partial charge in [0.25, 0.3) is 0 Å². The van der Waals surface area contributed by atoms with Crippen LogP contribution in [-0.2, 0) is 14.8 Å². The van der Waals surface area contributed by atoms with Crippen molar-refractivity contribution in [1.82, 2.24) is 14.6 Å². The first-order valence-electron chi connectivity index (χ1n) is 5.95. The molecule has 7 nitrogen and oxygen atoms in total. The topological polar surface area (TPSA) is 91.4 Å². The molecule has 0 aromatic carbocycles. The van der Waals surface area contributed by atoms with Gasteiger partial charge in [-0.15, -0.1) is 0 Å². The zero-order valence-corrected chi connectivity index (χ0v) is 11.4. The molecule has 104 valence electrons. The van der Waals surface area contributed by atoms with E-state index < -0.39 is 10.0 Å². The van der Waals surface area contributed by atoms with Crippen molar-refractivity contribution in [2.75, 3.05) is 32.0 Å². The number of aromatic nitrogens is 1. The maximum Gasteiger partial charge on any atom is 0.247 e. The van der Waals surface area contributed by atoms with Crippen LogP contribution in [0.2, 0.25) is 0 Å². The first-order chi connectivity index (χ1) is 9.05. The number of hydrogen-bond donors (Lipinski definition) is 2. The van der Waals surface area contributed by atoms with Gasteiger partial charge in [0.2, 0.25) is 15.9 Å². The summed E-state index contributed by atoms with van der Waals surface area (Å²) in [4.78, 5) is 15.6. The molecule has 8 heteroatoms. The lowest BCUT2D eigenvalue weighted by molar-refractivity contribution is -0.120. The minimum absolute atomic E-state index is 0.0900. The molecule has 1 aromatic rings. The normalized spacial score (nSPS) is 17.6. The van der Waals surface area contributed by atoms with Gasteiger partial charge in [-0.1, -0.05) is 0 Å². The number of pyridine rings is 1. The van der Waals surface area contributed by atoms with Crippen LogP contribution in [0.3, 0.4) is 0 Å². The smallest absolute Gasteiger partial charge is 0.247 e. The summed E-state index contributed by atoms with van der Waals surface area (Å²) in [5.41, 5.74) is 0. The summed E-state index contributed by atoms with van der Waals surface area (Å²) in [5.74, 6) is 0.00290. The molecule has 0 radical (unpaired) electrons. The summed E-state index contributed by atoms with van der Waals surface area (Å²) in [6, 6.07) is 3.04. The van der Waals surface area contributed by atoms with Crippen LogP contribution < -0.4 is 10.6 Å². The summed E-state index contributed by atoms with van der Waals surface area (Å²) in [6.07, 6.45) is 2.11. The van der Waals surface area contributed by atoms with E-state index in [1.165, 1.54) is 16.6 Å². The Morgan fingerprint density at radius 2 is 2.26 bits per heavy atom. The largest absolute Gasteiger partial charge is 0.372 e. The Hall–Kier alpha value is -1.67. The molecule has 2 heterocycles. The molecule has 0 spiro atoms. The Morgan fingerprint density at radius 3 is 3.00 bits per heavy atom. The molecular formula is C11H16N4O3S. The molecule has 0 atom stereocenters. The molecule has 1 saturated heterocycles. The zero-order valence-electron chi connectivity index (χ0n) is 10.6. The fourth-order valence-electron chi connectivity index (χ4n) is 1.91. The van der Waals surface area contributed by atoms with E-state index >= 15 is 0 Å². The Balaban J connectivity index is 2.38. The number of anilines is 1. The Kier molecular flexibility index (Phi) is 4.01. The molecule has 0 saturated carbocycles. The zero-order chi connectivity index (χ0) is 13.9. The van der Waals surface area contributed by atoms with Gasteiger partial charge >= 0.3 is 0 Å². The van der Waals surface area contributed by atoms with Crippen molar-refractivity contribution in [1.29, 1.82) is 0 Å². The number of rotatable bonds is 3. The molecule has 0 unspecified atom stereocenters. The Bertz CT molecular complexity index is 573. The van der Waals surface area contributed by atoms with Gasteiger partial charge in [-0.3, -0.25) is 4.79 Å². The van der Waals surface area contributed by atoms with Gasteiger partial charge < -0.3 is 10.6 Å². The van der Waals surface area contributed by atoms with Crippen LogP contribution in [0.25, 0.3) is 0 Å². The fraction of sp³-hybridized carbons (Fsp3) is 0.455. The number of carbonyl (C=O) groups excluding carboxylic acids is 1. The second-order valence-electron chi connectivity index (χ2n) is 4.14. The molecule has 0 bridgehead atoms. The van der Waals surface area contributed by atoms with Crippen LogP contribution in [0.1, 0.15) is 6.42 Å². The third-order valence-corrected chi connectivity index (χ3v) is 4.73. The first kappa shape index (κ1) is 13.8. The molecule has 2 rings (SSSR count). The summed E-state index contributed by atoms with van der Waals surface area (Å²) < 4.78 is 26.3. The molecule has 0 aliphatic carbocycles. The number of hydrogen-bond acceptors (Lipinski definition) is 5. The number of amides is 1. The van der Waals surface area contributed by atoms with Crippen molar-refractivity contribution >= 4 is 21.7 Å². The SMILES string of the molecule is CNc1ncccc1S(=O)(=O)N1CCCNC(=O)C1. The van der Waals surface area contributed by atoms with Crippen LogP contribution >= 0.6 is 0 Å². The van der Waals surface area contributed by atoms with Crippen molar-refractivity contribution in [2.45, 2.75) is 11.3 Å². The first-order valence-corrected chi connectivity index (χ1v) is 7.39. The number of sulfonamides is 1. The summed E-state index contributed by atoms with van der Waals surface area (Å²) in [7, 11) is -2.11. The molecular weight excluding hydrogens is 268 g/mol. The van der Waals surface area contributed by atoms with E-state index in [4.69, 9.17) is 0 Å². The minimum Gasteiger partial charge on any atom is -0.372 e. The van der Waals surface area contributed by atoms with Gasteiger partial charge in [0.15, 0.2) is 0 Å². The van der Waals surface area contributed by atoms with E-state index in [2.05, 4.69) is 15.6 Å². The number of nitrogens with one attached hydrogen (secondary N) is 2. The quantitative estimate of drug-likeness (QED) is 0.790. The van der Waals surface area contributed by atoms with Crippen molar-refractivity contribution < 1.29 is 13.2 Å². The maximum atomic E-state index is 12.5. The summed E-state index contributed by atoms with van der Waals surface area (Å²) >= 11 is 0. The average molecular weight is 284 g/mol. The van der Waals surface area contributed by atoms with Gasteiger partial charge in [-0.2, -0.15) is 4.31 Å². The lowest BCUT2D eigenvalue weighted by Crippen LogP contribution is -2.37. The van der Waals surface area contributed by atoms with Crippen LogP contribution in [0.15, 0.2) is 23.2 Å². The predicted molar refractivity (Wildman–Crippen MR) is 70.2 cm³/mol. The lowest BCUT2D eigenvalue weighted by atomic mass is 10.4. The molecule has 1 aromatic heterocycles. The van der Waals surface area contributed by atoms with E-state index in [0.717, 1.165) is 0 Å². The summed E-state index contributed by atoms with van der Waals surface area (Å²) in [5, 5.41) is 5.40. The Labute approximate surface area is 112 Å². The molecule has 2 N–H and O–H groups in total. The highest BCUT2D eigenvalue weighted by Gasteiger charge is 2.30. The monoisotopic (exact) mass is 284 g/mol. The van der Waals surface area contributed by atoms with Crippen molar-refractivity contribution in [3.63, 3.8) is 0 Å². The van der Waals surface area contributed by atoms with E-state index in [1.54, 1.807) is 13.1 Å². The van der Waals surface area contributed by atoms with Gasteiger partial charge in [-0.25, -0.2) is 13.4 Å². The van der Waals surface area contributed by atoms with Crippen molar-refractivity contribution in [2.24, 2.45) is 0 Å². The van der Waals surface area contributed by atoms with Gasteiger partial charge in [0.1, 0.15) is 10.7 Å². The van der Waals surface area contributed by atoms with E-state index in [1.807, 2.05) is 0 Å². The standard InChI is InChI=1S/C11H16N4O3S/c1-12-11-9(4-2-5-14-11)19(17,18)15-7-3-6-13-10(16)8-15/h2,4-5H,3,6-8H2,1H3,(H,12,14)(H,13,16). The highest BCUT2D eigenvalue weighted by Crippen LogP contribution is 2.22. The van der Waals surface area contributed by atoms with Crippen molar-refractivity contribution in [3.8, 4) is 0 Å². The van der Waals surface area contributed by atoms with Gasteiger partial charge in [0.05, 0.1) is 6.54 Å². The maximum absolute atomic E-state index is 12.5. The number of nitrogens with zero attached hydrogens (tertiary/aromatic N) is 2. The molecule has 1 fully saturated rings. The Morgan fingerprint density at radius 1 is 1.47 bits per heavy atom. The van der Waals surface area contributed by atoms with Crippen molar-refractivity contribution in [3.05, 3.63) is 18.3 Å². The van der Waals surface area contributed by atoms with Crippen LogP contribution in [-0.4, -0.2) is 50.3 Å². The van der Waals surface area contributed by atoms with Gasteiger partial charge in [0, 0.05) is 26.3 Å². The van der Waals surface area contributed by atoms with E-state index in [0.29, 0.717) is 19.5 Å². The third-order valence-electron chi connectivity index (χ3n) is 2.85. The molecule has 1 aliphatic rings. The predicted octanol–water partition coefficient (Wildman–Crippen LogP) is -0.366. The molecule has 1 aliphatic heterocycles. The highest BCUT2D eigenvalue weighted by molar-refractivity contribution is 7.89. The van der Waals surface area contributed by atoms with Crippen LogP contribution in [0.4, 0.5) is 5.82 Å². The third kappa shape index (κ3) is 2.85. The average Bonchev–Trinajstić information content (AvgIpc) is 2.64. The second kappa shape index (κ2) is 5.54. The van der Waals surface area contributed by atoms with E-state index in [9.17, 15) is 13.2 Å². The molecule has 1 amide bonds. The lowest BCUT2D eigenvalue weighted by Gasteiger charge is -2.19. The highest BCUT2D eigenvalue weighted by atomic mass is 32.2. The summed E-state index contributed by atoms with van der Waals surface area (Å²) in [6.45, 7) is 0.663. The number of carbonyl (C=O) groups is 1. The fourth-order valence-corrected chi connectivity index (χ4v) is 3.49. The van der Waals surface area contributed by atoms with Gasteiger partial charge in [-0.05, 0) is 18.6 Å².